The molecule has 2 aliphatic heterocycles. The van der Waals surface area contributed by atoms with Gasteiger partial charge in [0.2, 0.25) is 5.91 Å². The van der Waals surface area contributed by atoms with Gasteiger partial charge in [-0.05, 0) is 37.5 Å². The number of hydrogen-bond donors (Lipinski definition) is 1. The lowest BCUT2D eigenvalue weighted by molar-refractivity contribution is -0.131. The van der Waals surface area contributed by atoms with Crippen molar-refractivity contribution < 1.29 is 9.53 Å². The fourth-order valence-corrected chi connectivity index (χ4v) is 3.11. The maximum absolute atomic E-state index is 12.1. The summed E-state index contributed by atoms with van der Waals surface area (Å²) in [6.07, 6.45) is 1.99. The van der Waals surface area contributed by atoms with Crippen molar-refractivity contribution in [2.75, 3.05) is 19.7 Å². The SMILES string of the molecule is CC1(CN2C(=O)CNC2c2ccc(Cl)cc2)CCCO1. The van der Waals surface area contributed by atoms with Crippen molar-refractivity contribution in [2.45, 2.75) is 31.5 Å². The Labute approximate surface area is 124 Å². The number of halogens is 1. The highest BCUT2D eigenvalue weighted by molar-refractivity contribution is 6.30. The molecule has 1 amide bonds. The first-order valence-electron chi connectivity index (χ1n) is 7.00. The molecule has 2 atom stereocenters. The van der Waals surface area contributed by atoms with Gasteiger partial charge < -0.3 is 9.64 Å². The fraction of sp³-hybridized carbons (Fsp3) is 0.533. The minimum atomic E-state index is -0.216. The summed E-state index contributed by atoms with van der Waals surface area (Å²) in [5.41, 5.74) is 0.841. The molecule has 1 N–H and O–H groups in total. The van der Waals surface area contributed by atoms with E-state index in [4.69, 9.17) is 16.3 Å². The third-order valence-corrected chi connectivity index (χ3v) is 4.32. The number of hydrogen-bond acceptors (Lipinski definition) is 3. The second-order valence-corrected chi connectivity index (χ2v) is 6.19. The number of nitrogens with one attached hydrogen (secondary N) is 1. The van der Waals surface area contributed by atoms with Gasteiger partial charge in [-0.1, -0.05) is 23.7 Å². The molecule has 20 heavy (non-hydrogen) atoms. The molecule has 5 heteroatoms. The molecule has 0 bridgehead atoms. The molecule has 0 aliphatic carbocycles. The number of nitrogens with zero attached hydrogens (tertiary/aromatic N) is 1. The second-order valence-electron chi connectivity index (χ2n) is 5.76. The van der Waals surface area contributed by atoms with Crippen LogP contribution in [0.25, 0.3) is 0 Å². The number of amides is 1. The molecule has 0 aromatic heterocycles. The summed E-state index contributed by atoms with van der Waals surface area (Å²) in [5, 5.41) is 3.97. The van der Waals surface area contributed by atoms with E-state index in [1.165, 1.54) is 0 Å². The van der Waals surface area contributed by atoms with Crippen LogP contribution in [0.4, 0.5) is 0 Å². The molecule has 1 aromatic rings. The van der Waals surface area contributed by atoms with Crippen molar-refractivity contribution >= 4 is 17.5 Å². The second kappa shape index (κ2) is 5.35. The summed E-state index contributed by atoms with van der Waals surface area (Å²) in [4.78, 5) is 14.0. The summed E-state index contributed by atoms with van der Waals surface area (Å²) >= 11 is 5.92. The molecular formula is C15H19ClN2O2. The summed E-state index contributed by atoms with van der Waals surface area (Å²) in [5.74, 6) is 0.127. The summed E-state index contributed by atoms with van der Waals surface area (Å²) in [6, 6.07) is 7.63. The minimum Gasteiger partial charge on any atom is -0.373 e. The molecule has 0 radical (unpaired) electrons. The highest BCUT2D eigenvalue weighted by Crippen LogP contribution is 2.31. The molecule has 1 aromatic carbocycles. The van der Waals surface area contributed by atoms with Crippen molar-refractivity contribution in [1.82, 2.24) is 10.2 Å². The molecule has 2 saturated heterocycles. The Morgan fingerprint density at radius 1 is 1.45 bits per heavy atom. The quantitative estimate of drug-likeness (QED) is 0.930. The van der Waals surface area contributed by atoms with Crippen LogP contribution in [0.15, 0.2) is 24.3 Å². The van der Waals surface area contributed by atoms with Crippen LogP contribution in [0.1, 0.15) is 31.5 Å². The Morgan fingerprint density at radius 2 is 2.20 bits per heavy atom. The Morgan fingerprint density at radius 3 is 2.85 bits per heavy atom. The van der Waals surface area contributed by atoms with Crippen molar-refractivity contribution in [3.8, 4) is 0 Å². The zero-order valence-corrected chi connectivity index (χ0v) is 12.3. The van der Waals surface area contributed by atoms with Gasteiger partial charge in [-0.15, -0.1) is 0 Å². The number of ether oxygens (including phenoxy) is 1. The van der Waals surface area contributed by atoms with Gasteiger partial charge in [0.1, 0.15) is 6.17 Å². The average molecular weight is 295 g/mol. The van der Waals surface area contributed by atoms with Crippen LogP contribution in [0, 0.1) is 0 Å². The normalized spacial score (nSPS) is 30.2. The van der Waals surface area contributed by atoms with E-state index < -0.39 is 0 Å². The average Bonchev–Trinajstić information content (AvgIpc) is 3.00. The minimum absolute atomic E-state index is 0.0826. The molecular weight excluding hydrogens is 276 g/mol. The van der Waals surface area contributed by atoms with E-state index in [-0.39, 0.29) is 17.7 Å². The van der Waals surface area contributed by atoms with E-state index >= 15 is 0 Å². The molecule has 2 aliphatic rings. The van der Waals surface area contributed by atoms with Gasteiger partial charge in [-0.3, -0.25) is 10.1 Å². The first-order valence-corrected chi connectivity index (χ1v) is 7.37. The van der Waals surface area contributed by atoms with Gasteiger partial charge >= 0.3 is 0 Å². The predicted molar refractivity (Wildman–Crippen MR) is 77.5 cm³/mol. The van der Waals surface area contributed by atoms with Crippen molar-refractivity contribution in [2.24, 2.45) is 0 Å². The molecule has 3 rings (SSSR count). The smallest absolute Gasteiger partial charge is 0.238 e. The van der Waals surface area contributed by atoms with Crippen LogP contribution < -0.4 is 5.32 Å². The Balaban J connectivity index is 1.79. The van der Waals surface area contributed by atoms with E-state index in [0.717, 1.165) is 25.0 Å². The van der Waals surface area contributed by atoms with E-state index in [2.05, 4.69) is 12.2 Å². The lowest BCUT2D eigenvalue weighted by Crippen LogP contribution is -2.43. The maximum Gasteiger partial charge on any atom is 0.238 e. The van der Waals surface area contributed by atoms with Gasteiger partial charge in [0.25, 0.3) is 0 Å². The van der Waals surface area contributed by atoms with Gasteiger partial charge in [-0.25, -0.2) is 0 Å². The van der Waals surface area contributed by atoms with Crippen LogP contribution in [0.2, 0.25) is 5.02 Å². The van der Waals surface area contributed by atoms with E-state index in [9.17, 15) is 4.79 Å². The van der Waals surface area contributed by atoms with Crippen molar-refractivity contribution in [3.63, 3.8) is 0 Å². The summed E-state index contributed by atoms with van der Waals surface area (Å²) < 4.78 is 5.81. The lowest BCUT2D eigenvalue weighted by Gasteiger charge is -2.33. The molecule has 2 fully saturated rings. The Hall–Kier alpha value is -1.10. The van der Waals surface area contributed by atoms with E-state index in [1.54, 1.807) is 0 Å². The van der Waals surface area contributed by atoms with Crippen molar-refractivity contribution in [3.05, 3.63) is 34.9 Å². The van der Waals surface area contributed by atoms with Crippen molar-refractivity contribution in [1.29, 1.82) is 0 Å². The number of carbonyl (C=O) groups is 1. The summed E-state index contributed by atoms with van der Waals surface area (Å²) in [6.45, 7) is 3.89. The molecule has 0 spiro atoms. The van der Waals surface area contributed by atoms with E-state index in [1.807, 2.05) is 29.2 Å². The molecule has 2 unspecified atom stereocenters. The highest BCUT2D eigenvalue weighted by Gasteiger charge is 2.39. The van der Waals surface area contributed by atoms with Crippen LogP contribution in [-0.4, -0.2) is 36.1 Å². The van der Waals surface area contributed by atoms with Crippen LogP contribution in [0.3, 0.4) is 0 Å². The zero-order valence-electron chi connectivity index (χ0n) is 11.6. The van der Waals surface area contributed by atoms with Gasteiger partial charge in [-0.2, -0.15) is 0 Å². The number of rotatable bonds is 3. The third-order valence-electron chi connectivity index (χ3n) is 4.07. The number of carbonyl (C=O) groups excluding carboxylic acids is 1. The Bertz CT molecular complexity index is 497. The fourth-order valence-electron chi connectivity index (χ4n) is 2.98. The first kappa shape index (κ1) is 13.9. The zero-order chi connectivity index (χ0) is 14.2. The Kier molecular flexibility index (Phi) is 3.71. The molecule has 2 heterocycles. The van der Waals surface area contributed by atoms with Crippen LogP contribution in [0.5, 0.6) is 0 Å². The highest BCUT2D eigenvalue weighted by atomic mass is 35.5. The monoisotopic (exact) mass is 294 g/mol. The van der Waals surface area contributed by atoms with Gasteiger partial charge in [0, 0.05) is 11.6 Å². The van der Waals surface area contributed by atoms with Gasteiger partial charge in [0.15, 0.2) is 0 Å². The lowest BCUT2D eigenvalue weighted by atomic mass is 10.0. The standard InChI is InChI=1S/C15H19ClN2O2/c1-15(7-2-8-20-15)10-18-13(19)9-17-14(18)11-3-5-12(16)6-4-11/h3-6,14,17H,2,7-10H2,1H3. The topological polar surface area (TPSA) is 41.6 Å². The predicted octanol–water partition coefficient (Wildman–Crippen LogP) is 2.34. The molecule has 4 nitrogen and oxygen atoms in total. The third kappa shape index (κ3) is 2.68. The van der Waals surface area contributed by atoms with E-state index in [0.29, 0.717) is 18.1 Å². The largest absolute Gasteiger partial charge is 0.373 e. The summed E-state index contributed by atoms with van der Waals surface area (Å²) in [7, 11) is 0. The number of benzene rings is 1. The molecule has 108 valence electrons. The van der Waals surface area contributed by atoms with Crippen LogP contribution >= 0.6 is 11.6 Å². The maximum atomic E-state index is 12.1. The van der Waals surface area contributed by atoms with Crippen LogP contribution in [-0.2, 0) is 9.53 Å². The first-order chi connectivity index (χ1) is 9.57. The van der Waals surface area contributed by atoms with Gasteiger partial charge in [0.05, 0.1) is 18.7 Å². The molecule has 0 saturated carbocycles.